The molecule has 5 rings (SSSR count). The lowest BCUT2D eigenvalue weighted by atomic mass is 9.48. The molecule has 0 aromatic rings. The number of hydrogen-bond acceptors (Lipinski definition) is 4. The molecule has 8 atom stereocenters. The van der Waals surface area contributed by atoms with Gasteiger partial charge < -0.3 is 14.2 Å². The zero-order chi connectivity index (χ0) is 17.4. The van der Waals surface area contributed by atoms with E-state index in [4.69, 9.17) is 14.2 Å². The fourth-order valence-corrected chi connectivity index (χ4v) is 7.01. The van der Waals surface area contributed by atoms with Gasteiger partial charge in [0.25, 0.3) is 0 Å². The van der Waals surface area contributed by atoms with E-state index in [1.54, 1.807) is 12.7 Å². The quantitative estimate of drug-likeness (QED) is 0.446. The first kappa shape index (κ1) is 16.5. The molecule has 5 aliphatic rings. The van der Waals surface area contributed by atoms with E-state index < -0.39 is 0 Å². The monoisotopic (exact) mass is 346 g/mol. The van der Waals surface area contributed by atoms with Gasteiger partial charge in [0.15, 0.2) is 5.78 Å². The topological polar surface area (TPSA) is 48.1 Å². The van der Waals surface area contributed by atoms with Crippen LogP contribution < -0.4 is 0 Å². The maximum Gasteiger partial charge on any atom is 0.170 e. The molecule has 0 unspecified atom stereocenters. The summed E-state index contributed by atoms with van der Waals surface area (Å²) in [7, 11) is 1.69. The van der Waals surface area contributed by atoms with Crippen molar-refractivity contribution in [1.82, 2.24) is 0 Å². The summed E-state index contributed by atoms with van der Waals surface area (Å²) in [6.45, 7) is 5.10. The van der Waals surface area contributed by atoms with E-state index >= 15 is 0 Å². The van der Waals surface area contributed by atoms with Gasteiger partial charge in [-0.3, -0.25) is 4.79 Å². The molecule has 4 nitrogen and oxygen atoms in total. The van der Waals surface area contributed by atoms with E-state index in [2.05, 4.69) is 19.9 Å². The van der Waals surface area contributed by atoms with E-state index in [1.807, 2.05) is 0 Å². The smallest absolute Gasteiger partial charge is 0.170 e. The summed E-state index contributed by atoms with van der Waals surface area (Å²) in [6.07, 6.45) is 9.68. The standard InChI is InChI=1S/C21H30O4/c1-20-8-6-13(24-11-23-3)10-12(20)4-5-14-15(20)7-9-21(2)16(14)17-18(25-17)19(21)22/h4,13-18H,5-11H2,1-3H3/t13-,14+,15-,16+,17-,18-,20-,21-/m0/s1. The molecule has 138 valence electrons. The minimum Gasteiger partial charge on any atom is -0.361 e. The summed E-state index contributed by atoms with van der Waals surface area (Å²) in [5, 5.41) is 0. The molecule has 3 saturated carbocycles. The Bertz CT molecular complexity index is 627. The van der Waals surface area contributed by atoms with Crippen molar-refractivity contribution >= 4 is 5.78 Å². The van der Waals surface area contributed by atoms with Gasteiger partial charge in [-0.15, -0.1) is 0 Å². The lowest BCUT2D eigenvalue weighted by Crippen LogP contribution is -2.52. The molecule has 1 heterocycles. The van der Waals surface area contributed by atoms with Crippen molar-refractivity contribution in [2.45, 2.75) is 70.7 Å². The molecule has 0 aromatic carbocycles. The summed E-state index contributed by atoms with van der Waals surface area (Å²) >= 11 is 0. The maximum atomic E-state index is 12.7. The van der Waals surface area contributed by atoms with E-state index in [0.29, 0.717) is 36.4 Å². The predicted octanol–water partition coefficient (Wildman–Crippen LogP) is 3.49. The highest BCUT2D eigenvalue weighted by Crippen LogP contribution is 2.67. The third-order valence-electron chi connectivity index (χ3n) is 8.43. The number of epoxide rings is 1. The van der Waals surface area contributed by atoms with E-state index in [0.717, 1.165) is 25.7 Å². The van der Waals surface area contributed by atoms with Crippen LogP contribution >= 0.6 is 0 Å². The maximum absolute atomic E-state index is 12.7. The van der Waals surface area contributed by atoms with Gasteiger partial charge in [0.05, 0.1) is 12.2 Å². The second-order valence-corrected chi connectivity index (χ2v) is 9.46. The summed E-state index contributed by atoms with van der Waals surface area (Å²) in [5.41, 5.74) is 1.77. The van der Waals surface area contributed by atoms with Gasteiger partial charge in [0.1, 0.15) is 12.9 Å². The van der Waals surface area contributed by atoms with Crippen molar-refractivity contribution in [2.75, 3.05) is 13.9 Å². The first-order chi connectivity index (χ1) is 12.0. The Morgan fingerprint density at radius 1 is 1.24 bits per heavy atom. The number of rotatable bonds is 3. The molecule has 4 aliphatic carbocycles. The number of allylic oxidation sites excluding steroid dienone is 1. The molecule has 0 amide bonds. The Balaban J connectivity index is 1.42. The van der Waals surface area contributed by atoms with Crippen LogP contribution in [0.25, 0.3) is 0 Å². The van der Waals surface area contributed by atoms with Gasteiger partial charge in [0.2, 0.25) is 0 Å². The van der Waals surface area contributed by atoms with Crippen molar-refractivity contribution in [3.05, 3.63) is 11.6 Å². The molecule has 4 heteroatoms. The number of Topliss-reactive ketones (excluding diaryl/α,β-unsaturated/α-hetero) is 1. The van der Waals surface area contributed by atoms with Crippen LogP contribution in [0.1, 0.15) is 52.4 Å². The van der Waals surface area contributed by atoms with Crippen LogP contribution in [0.2, 0.25) is 0 Å². The number of carbonyl (C=O) groups is 1. The van der Waals surface area contributed by atoms with Gasteiger partial charge >= 0.3 is 0 Å². The molecule has 0 bridgehead atoms. The van der Waals surface area contributed by atoms with Gasteiger partial charge in [-0.2, -0.15) is 0 Å². The highest BCUT2D eigenvalue weighted by molar-refractivity contribution is 5.94. The molecule has 0 aromatic heterocycles. The van der Waals surface area contributed by atoms with E-state index in [9.17, 15) is 4.79 Å². The Morgan fingerprint density at radius 2 is 2.04 bits per heavy atom. The molecule has 0 spiro atoms. The van der Waals surface area contributed by atoms with Crippen LogP contribution in [0.4, 0.5) is 0 Å². The molecular formula is C21H30O4. The average molecular weight is 346 g/mol. The second kappa shape index (κ2) is 5.40. The zero-order valence-corrected chi connectivity index (χ0v) is 15.6. The predicted molar refractivity (Wildman–Crippen MR) is 92.9 cm³/mol. The molecule has 0 N–H and O–H groups in total. The lowest BCUT2D eigenvalue weighted by Gasteiger charge is -2.57. The van der Waals surface area contributed by atoms with E-state index in [-0.39, 0.29) is 23.0 Å². The Hall–Kier alpha value is -0.710. The fraction of sp³-hybridized carbons (Fsp3) is 0.857. The molecule has 25 heavy (non-hydrogen) atoms. The lowest BCUT2D eigenvalue weighted by molar-refractivity contribution is -0.141. The van der Waals surface area contributed by atoms with E-state index in [1.165, 1.54) is 12.8 Å². The van der Waals surface area contributed by atoms with Crippen molar-refractivity contribution < 1.29 is 19.0 Å². The highest BCUT2D eigenvalue weighted by Gasteiger charge is 2.71. The van der Waals surface area contributed by atoms with Crippen LogP contribution in [-0.4, -0.2) is 38.0 Å². The average Bonchev–Trinajstić information content (AvgIpc) is 3.34. The van der Waals surface area contributed by atoms with Crippen LogP contribution in [0.3, 0.4) is 0 Å². The van der Waals surface area contributed by atoms with Gasteiger partial charge in [-0.05, 0) is 55.8 Å². The Labute approximate surface area is 150 Å². The number of ether oxygens (including phenoxy) is 3. The van der Waals surface area contributed by atoms with Crippen molar-refractivity contribution in [3.8, 4) is 0 Å². The van der Waals surface area contributed by atoms with Gasteiger partial charge in [-0.1, -0.05) is 25.5 Å². The highest BCUT2D eigenvalue weighted by atomic mass is 16.7. The number of hydrogen-bond donors (Lipinski definition) is 0. The van der Waals surface area contributed by atoms with Crippen LogP contribution in [0, 0.1) is 28.6 Å². The van der Waals surface area contributed by atoms with Gasteiger partial charge in [-0.25, -0.2) is 0 Å². The van der Waals surface area contributed by atoms with Crippen LogP contribution in [-0.2, 0) is 19.0 Å². The molecular weight excluding hydrogens is 316 g/mol. The largest absolute Gasteiger partial charge is 0.361 e. The minimum absolute atomic E-state index is 0.0647. The van der Waals surface area contributed by atoms with Crippen molar-refractivity contribution in [2.24, 2.45) is 28.6 Å². The Morgan fingerprint density at radius 3 is 2.84 bits per heavy atom. The van der Waals surface area contributed by atoms with Crippen molar-refractivity contribution in [3.63, 3.8) is 0 Å². The molecule has 1 aliphatic heterocycles. The van der Waals surface area contributed by atoms with Crippen LogP contribution in [0.5, 0.6) is 0 Å². The number of fused-ring (bicyclic) bond motifs is 7. The normalized spacial score (nSPS) is 53.4. The van der Waals surface area contributed by atoms with Crippen LogP contribution in [0.15, 0.2) is 11.6 Å². The minimum atomic E-state index is -0.116. The molecule has 1 saturated heterocycles. The van der Waals surface area contributed by atoms with Gasteiger partial charge in [0, 0.05) is 18.4 Å². The fourth-order valence-electron chi connectivity index (χ4n) is 7.01. The first-order valence-electron chi connectivity index (χ1n) is 9.99. The third-order valence-corrected chi connectivity index (χ3v) is 8.43. The summed E-state index contributed by atoms with van der Waals surface area (Å²) in [6, 6.07) is 0. The zero-order valence-electron chi connectivity index (χ0n) is 15.6. The summed E-state index contributed by atoms with van der Waals surface area (Å²) < 4.78 is 16.7. The Kier molecular flexibility index (Phi) is 3.56. The third kappa shape index (κ3) is 2.14. The first-order valence-corrected chi connectivity index (χ1v) is 9.99. The number of carbonyl (C=O) groups excluding carboxylic acids is 1. The van der Waals surface area contributed by atoms with Crippen molar-refractivity contribution in [1.29, 1.82) is 0 Å². The summed E-state index contributed by atoms with van der Waals surface area (Å²) in [4.78, 5) is 12.7. The second-order valence-electron chi connectivity index (χ2n) is 9.46. The molecule has 4 fully saturated rings. The number of methoxy groups -OCH3 is 1. The number of ketones is 1. The molecule has 0 radical (unpaired) electrons. The summed E-state index contributed by atoms with van der Waals surface area (Å²) in [5.74, 6) is 2.16. The SMILES string of the molecule is COCO[C@H]1CC[C@@]2(C)C(=CC[C@H]3[C@@H]4[C@@H]5O[C@@H]5C(=O)[C@@]4(C)CC[C@@H]32)C1.